The van der Waals surface area contributed by atoms with E-state index < -0.39 is 0 Å². The van der Waals surface area contributed by atoms with E-state index in [1.165, 1.54) is 38.9 Å². The van der Waals surface area contributed by atoms with Crippen LogP contribution in [0.1, 0.15) is 45.0 Å². The van der Waals surface area contributed by atoms with Gasteiger partial charge in [-0.1, -0.05) is 35.9 Å². The van der Waals surface area contributed by atoms with Crippen molar-refractivity contribution in [2.45, 2.75) is 40.7 Å². The van der Waals surface area contributed by atoms with E-state index in [0.717, 1.165) is 0 Å². The molecule has 0 spiro atoms. The molecule has 0 bridgehead atoms. The van der Waals surface area contributed by atoms with Crippen LogP contribution in [-0.2, 0) is 0 Å². The zero-order chi connectivity index (χ0) is 14.9. The molecule has 0 fully saturated rings. The highest BCUT2D eigenvalue weighted by molar-refractivity contribution is 5.45. The summed E-state index contributed by atoms with van der Waals surface area (Å²) < 4.78 is 0. The maximum absolute atomic E-state index is 3.48. The Kier molecular flexibility index (Phi) is 4.29. The molecule has 1 atom stereocenters. The van der Waals surface area contributed by atoms with Crippen molar-refractivity contribution in [1.29, 1.82) is 0 Å². The molecular weight excluding hydrogens is 242 g/mol. The maximum atomic E-state index is 3.48. The summed E-state index contributed by atoms with van der Waals surface area (Å²) in [6.07, 6.45) is 0. The van der Waals surface area contributed by atoms with Crippen molar-refractivity contribution >= 4 is 0 Å². The molecule has 1 heteroatoms. The second kappa shape index (κ2) is 5.80. The van der Waals surface area contributed by atoms with Crippen molar-refractivity contribution in [1.82, 2.24) is 5.32 Å². The summed E-state index contributed by atoms with van der Waals surface area (Å²) in [6.45, 7) is 10.9. The molecule has 2 aromatic rings. The van der Waals surface area contributed by atoms with Crippen LogP contribution in [0.15, 0.2) is 30.3 Å². The fourth-order valence-electron chi connectivity index (χ4n) is 3.07. The van der Waals surface area contributed by atoms with Gasteiger partial charge in [-0.2, -0.15) is 0 Å². The molecule has 106 valence electrons. The Morgan fingerprint density at radius 2 is 1.35 bits per heavy atom. The fourth-order valence-corrected chi connectivity index (χ4v) is 3.07. The Morgan fingerprint density at radius 1 is 0.750 bits per heavy atom. The first-order valence-corrected chi connectivity index (χ1v) is 7.26. The molecule has 1 nitrogen and oxygen atoms in total. The molecule has 0 radical (unpaired) electrons. The lowest BCUT2D eigenvalue weighted by molar-refractivity contribution is 0.682. The summed E-state index contributed by atoms with van der Waals surface area (Å²) in [5.74, 6) is 0. The van der Waals surface area contributed by atoms with Crippen LogP contribution in [0.3, 0.4) is 0 Å². The predicted octanol–water partition coefficient (Wildman–Crippen LogP) is 4.54. The van der Waals surface area contributed by atoms with Gasteiger partial charge in [0.25, 0.3) is 0 Å². The van der Waals surface area contributed by atoms with Crippen LogP contribution in [0.5, 0.6) is 0 Å². The minimum Gasteiger partial charge on any atom is -0.309 e. The molecule has 1 N–H and O–H groups in total. The summed E-state index contributed by atoms with van der Waals surface area (Å²) in [6, 6.07) is 11.6. The highest BCUT2D eigenvalue weighted by Crippen LogP contribution is 2.29. The third-order valence-electron chi connectivity index (χ3n) is 4.18. The number of benzene rings is 2. The lowest BCUT2D eigenvalue weighted by atomic mass is 9.89. The largest absolute Gasteiger partial charge is 0.309 e. The summed E-state index contributed by atoms with van der Waals surface area (Å²) >= 11 is 0. The predicted molar refractivity (Wildman–Crippen MR) is 87.5 cm³/mol. The van der Waals surface area contributed by atoms with Gasteiger partial charge in [0.1, 0.15) is 0 Å². The van der Waals surface area contributed by atoms with Crippen molar-refractivity contribution in [3.05, 3.63) is 69.3 Å². The number of aryl methyl sites for hydroxylation is 5. The second-order valence-corrected chi connectivity index (χ2v) is 5.88. The molecule has 0 amide bonds. The van der Waals surface area contributed by atoms with Gasteiger partial charge in [-0.05, 0) is 75.0 Å². The van der Waals surface area contributed by atoms with Crippen LogP contribution in [0.25, 0.3) is 0 Å². The van der Waals surface area contributed by atoms with Crippen LogP contribution >= 0.6 is 0 Å². The minimum atomic E-state index is 0.259. The molecular formula is C19H25N. The summed E-state index contributed by atoms with van der Waals surface area (Å²) in [4.78, 5) is 0. The number of rotatable bonds is 3. The van der Waals surface area contributed by atoms with E-state index >= 15 is 0 Å². The van der Waals surface area contributed by atoms with Crippen molar-refractivity contribution in [2.24, 2.45) is 0 Å². The molecule has 2 rings (SSSR count). The summed E-state index contributed by atoms with van der Waals surface area (Å²) in [5.41, 5.74) is 9.50. The van der Waals surface area contributed by atoms with Gasteiger partial charge >= 0.3 is 0 Å². The van der Waals surface area contributed by atoms with E-state index in [9.17, 15) is 0 Å². The normalized spacial score (nSPS) is 12.5. The smallest absolute Gasteiger partial charge is 0.0579 e. The fraction of sp³-hybridized carbons (Fsp3) is 0.368. The van der Waals surface area contributed by atoms with Gasteiger partial charge in [0, 0.05) is 0 Å². The van der Waals surface area contributed by atoms with Gasteiger partial charge in [0.05, 0.1) is 6.04 Å². The van der Waals surface area contributed by atoms with Crippen LogP contribution in [0.4, 0.5) is 0 Å². The lowest BCUT2D eigenvalue weighted by Crippen LogP contribution is -2.20. The first kappa shape index (κ1) is 14.8. The molecule has 2 aromatic carbocycles. The molecule has 0 aliphatic rings. The minimum absolute atomic E-state index is 0.259. The molecule has 0 heterocycles. The average molecular weight is 267 g/mol. The van der Waals surface area contributed by atoms with Crippen molar-refractivity contribution in [3.63, 3.8) is 0 Å². The molecule has 20 heavy (non-hydrogen) atoms. The second-order valence-electron chi connectivity index (χ2n) is 5.88. The first-order valence-electron chi connectivity index (χ1n) is 7.26. The Labute approximate surface area is 123 Å². The van der Waals surface area contributed by atoms with E-state index in [1.54, 1.807) is 0 Å². The highest BCUT2D eigenvalue weighted by Gasteiger charge is 2.17. The van der Waals surface area contributed by atoms with Gasteiger partial charge in [-0.15, -0.1) is 0 Å². The van der Waals surface area contributed by atoms with E-state index in [0.29, 0.717) is 0 Å². The van der Waals surface area contributed by atoms with Gasteiger partial charge in [0.2, 0.25) is 0 Å². The van der Waals surface area contributed by atoms with E-state index in [4.69, 9.17) is 0 Å². The summed E-state index contributed by atoms with van der Waals surface area (Å²) in [5, 5.41) is 3.48. The monoisotopic (exact) mass is 267 g/mol. The zero-order valence-corrected chi connectivity index (χ0v) is 13.5. The maximum Gasteiger partial charge on any atom is 0.0579 e. The van der Waals surface area contributed by atoms with Crippen molar-refractivity contribution in [2.75, 3.05) is 7.05 Å². The zero-order valence-electron chi connectivity index (χ0n) is 13.5. The van der Waals surface area contributed by atoms with Crippen molar-refractivity contribution in [3.8, 4) is 0 Å². The van der Waals surface area contributed by atoms with E-state index in [1.807, 2.05) is 7.05 Å². The van der Waals surface area contributed by atoms with Crippen LogP contribution in [0.2, 0.25) is 0 Å². The molecule has 0 saturated heterocycles. The molecule has 0 aromatic heterocycles. The van der Waals surface area contributed by atoms with E-state index in [2.05, 4.69) is 70.3 Å². The van der Waals surface area contributed by atoms with Crippen LogP contribution in [0, 0.1) is 34.6 Å². The standard InChI is InChI=1S/C19H25N/c1-12-9-15(4)18(16(5)10-12)19(20-6)17-8-7-13(2)14(3)11-17/h7-11,19-20H,1-6H3. The Morgan fingerprint density at radius 3 is 1.85 bits per heavy atom. The average Bonchev–Trinajstić information content (AvgIpc) is 2.37. The molecule has 0 saturated carbocycles. The molecule has 0 aliphatic heterocycles. The lowest BCUT2D eigenvalue weighted by Gasteiger charge is -2.23. The van der Waals surface area contributed by atoms with Crippen LogP contribution in [-0.4, -0.2) is 7.05 Å². The quantitative estimate of drug-likeness (QED) is 0.861. The molecule has 1 unspecified atom stereocenters. The summed E-state index contributed by atoms with van der Waals surface area (Å²) in [7, 11) is 2.04. The van der Waals surface area contributed by atoms with Gasteiger partial charge in [0.15, 0.2) is 0 Å². The third-order valence-corrected chi connectivity index (χ3v) is 4.18. The van der Waals surface area contributed by atoms with E-state index in [-0.39, 0.29) is 6.04 Å². The first-order chi connectivity index (χ1) is 9.43. The molecule has 0 aliphatic carbocycles. The Hall–Kier alpha value is -1.60. The van der Waals surface area contributed by atoms with Crippen LogP contribution < -0.4 is 5.32 Å². The van der Waals surface area contributed by atoms with Gasteiger partial charge < -0.3 is 5.32 Å². The van der Waals surface area contributed by atoms with Gasteiger partial charge in [-0.25, -0.2) is 0 Å². The number of hydrogen-bond acceptors (Lipinski definition) is 1. The highest BCUT2D eigenvalue weighted by atomic mass is 14.9. The number of hydrogen-bond donors (Lipinski definition) is 1. The SMILES string of the molecule is CNC(c1ccc(C)c(C)c1)c1c(C)cc(C)cc1C. The van der Waals surface area contributed by atoms with Gasteiger partial charge in [-0.3, -0.25) is 0 Å². The topological polar surface area (TPSA) is 12.0 Å². The number of nitrogens with one attached hydrogen (secondary N) is 1. The third kappa shape index (κ3) is 2.78. The Balaban J connectivity index is 2.55. The van der Waals surface area contributed by atoms with Crippen molar-refractivity contribution < 1.29 is 0 Å². The Bertz CT molecular complexity index is 603.